The summed E-state index contributed by atoms with van der Waals surface area (Å²) in [5, 5.41) is 4.29. The van der Waals surface area contributed by atoms with Crippen LogP contribution in [0.25, 0.3) is 0 Å². The van der Waals surface area contributed by atoms with E-state index in [2.05, 4.69) is 28.0 Å². The maximum Gasteiger partial charge on any atom is 0.126 e. The first kappa shape index (κ1) is 14.2. The van der Waals surface area contributed by atoms with Crippen LogP contribution in [0.4, 0.5) is 4.39 Å². The monoisotopic (exact) mass is 325 g/mol. The van der Waals surface area contributed by atoms with E-state index in [0.29, 0.717) is 5.56 Å². The molecule has 3 nitrogen and oxygen atoms in total. The highest BCUT2D eigenvalue weighted by molar-refractivity contribution is 9.10. The summed E-state index contributed by atoms with van der Waals surface area (Å²) in [5.74, 6) is -0.231. The van der Waals surface area contributed by atoms with Crippen molar-refractivity contribution in [2.24, 2.45) is 5.73 Å². The lowest BCUT2D eigenvalue weighted by molar-refractivity contribution is 0.556. The molecular weight excluding hydrogens is 309 g/mol. The van der Waals surface area contributed by atoms with Gasteiger partial charge in [-0.1, -0.05) is 19.1 Å². The molecule has 1 unspecified atom stereocenters. The maximum atomic E-state index is 13.6. The summed E-state index contributed by atoms with van der Waals surface area (Å²) in [5.41, 5.74) is 8.51. The quantitative estimate of drug-likeness (QED) is 0.934. The van der Waals surface area contributed by atoms with E-state index in [1.165, 1.54) is 6.07 Å². The molecule has 0 aliphatic rings. The summed E-state index contributed by atoms with van der Waals surface area (Å²) in [6.45, 7) is 4.61. The number of nitrogens with zero attached hydrogens (tertiary/aromatic N) is 2. The molecule has 102 valence electrons. The van der Waals surface area contributed by atoms with Crippen molar-refractivity contribution in [1.82, 2.24) is 9.78 Å². The van der Waals surface area contributed by atoms with Gasteiger partial charge in [-0.3, -0.25) is 4.68 Å². The first-order valence-corrected chi connectivity index (χ1v) is 7.06. The number of aryl methyl sites for hydroxylation is 2. The molecule has 2 rings (SSSR count). The number of rotatable bonds is 4. The fraction of sp³-hybridized carbons (Fsp3) is 0.357. The number of nitrogens with two attached hydrogens (primary N) is 1. The molecule has 0 spiro atoms. The summed E-state index contributed by atoms with van der Waals surface area (Å²) < 4.78 is 16.4. The standard InChI is InChI=1S/C14H17BrFN3/c1-3-6-19-14(11(15)8-18-19)13(17)10-5-4-9(2)12(16)7-10/h4-5,7-8,13H,3,6,17H2,1-2H3. The van der Waals surface area contributed by atoms with Gasteiger partial charge in [0.25, 0.3) is 0 Å². The fourth-order valence-corrected chi connectivity index (χ4v) is 2.57. The maximum absolute atomic E-state index is 13.6. The third-order valence-corrected chi connectivity index (χ3v) is 3.73. The molecule has 2 N–H and O–H groups in total. The van der Waals surface area contributed by atoms with Gasteiger partial charge < -0.3 is 5.73 Å². The van der Waals surface area contributed by atoms with Crippen molar-refractivity contribution < 1.29 is 4.39 Å². The number of benzene rings is 1. The predicted octanol–water partition coefficient (Wildman–Crippen LogP) is 3.55. The fourth-order valence-electron chi connectivity index (χ4n) is 2.03. The van der Waals surface area contributed by atoms with Crippen molar-refractivity contribution in [2.45, 2.75) is 32.9 Å². The van der Waals surface area contributed by atoms with E-state index >= 15 is 0 Å². The highest BCUT2D eigenvalue weighted by Crippen LogP contribution is 2.27. The zero-order chi connectivity index (χ0) is 14.0. The van der Waals surface area contributed by atoms with Crippen molar-refractivity contribution in [3.05, 3.63) is 51.5 Å². The second-order valence-electron chi connectivity index (χ2n) is 4.59. The molecule has 5 heteroatoms. The van der Waals surface area contributed by atoms with Gasteiger partial charge in [-0.05, 0) is 46.5 Å². The molecule has 0 aliphatic carbocycles. The molecule has 0 radical (unpaired) electrons. The van der Waals surface area contributed by atoms with E-state index in [1.54, 1.807) is 19.2 Å². The van der Waals surface area contributed by atoms with Crippen molar-refractivity contribution in [2.75, 3.05) is 0 Å². The minimum atomic E-state index is -0.390. The smallest absolute Gasteiger partial charge is 0.126 e. The van der Waals surface area contributed by atoms with Gasteiger partial charge in [-0.25, -0.2) is 4.39 Å². The molecule has 1 atom stereocenters. The van der Waals surface area contributed by atoms with Crippen LogP contribution in [-0.4, -0.2) is 9.78 Å². The first-order valence-electron chi connectivity index (χ1n) is 6.27. The molecule has 0 aliphatic heterocycles. The lowest BCUT2D eigenvalue weighted by Crippen LogP contribution is -2.18. The normalized spacial score (nSPS) is 12.7. The Morgan fingerprint density at radius 3 is 2.84 bits per heavy atom. The molecule has 1 aromatic carbocycles. The molecule has 0 bridgehead atoms. The molecule has 0 amide bonds. The molecular formula is C14H17BrFN3. The topological polar surface area (TPSA) is 43.8 Å². The van der Waals surface area contributed by atoms with Crippen LogP contribution in [0.3, 0.4) is 0 Å². The van der Waals surface area contributed by atoms with Crippen molar-refractivity contribution in [1.29, 1.82) is 0 Å². The molecule has 19 heavy (non-hydrogen) atoms. The van der Waals surface area contributed by atoms with E-state index in [4.69, 9.17) is 5.73 Å². The van der Waals surface area contributed by atoms with Gasteiger partial charge in [0, 0.05) is 6.54 Å². The zero-order valence-electron chi connectivity index (χ0n) is 11.0. The Morgan fingerprint density at radius 1 is 1.47 bits per heavy atom. The van der Waals surface area contributed by atoms with E-state index in [1.807, 2.05) is 10.7 Å². The third kappa shape index (κ3) is 2.87. The van der Waals surface area contributed by atoms with Crippen LogP contribution >= 0.6 is 15.9 Å². The van der Waals surface area contributed by atoms with E-state index in [-0.39, 0.29) is 5.82 Å². The van der Waals surface area contributed by atoms with Crippen molar-refractivity contribution >= 4 is 15.9 Å². The van der Waals surface area contributed by atoms with Crippen molar-refractivity contribution in [3.8, 4) is 0 Å². The van der Waals surface area contributed by atoms with Crippen LogP contribution in [0.15, 0.2) is 28.9 Å². The minimum Gasteiger partial charge on any atom is -0.319 e. The van der Waals surface area contributed by atoms with E-state index < -0.39 is 6.04 Å². The van der Waals surface area contributed by atoms with Crippen LogP contribution in [0.5, 0.6) is 0 Å². The van der Waals surface area contributed by atoms with Gasteiger partial charge in [0.15, 0.2) is 0 Å². The summed E-state index contributed by atoms with van der Waals surface area (Å²) >= 11 is 3.46. The lowest BCUT2D eigenvalue weighted by atomic mass is 10.0. The van der Waals surface area contributed by atoms with Gasteiger partial charge in [0.1, 0.15) is 5.82 Å². The Bertz CT molecular complexity index is 580. The second-order valence-corrected chi connectivity index (χ2v) is 5.44. The molecule has 0 fully saturated rings. The Hall–Kier alpha value is -1.20. The predicted molar refractivity (Wildman–Crippen MR) is 77.4 cm³/mol. The Labute approximate surface area is 120 Å². The van der Waals surface area contributed by atoms with Crippen LogP contribution < -0.4 is 5.73 Å². The molecule has 1 aromatic heterocycles. The highest BCUT2D eigenvalue weighted by atomic mass is 79.9. The Kier molecular flexibility index (Phi) is 4.37. The van der Waals surface area contributed by atoms with Crippen molar-refractivity contribution in [3.63, 3.8) is 0 Å². The van der Waals surface area contributed by atoms with E-state index in [9.17, 15) is 4.39 Å². The lowest BCUT2D eigenvalue weighted by Gasteiger charge is -2.16. The summed E-state index contributed by atoms with van der Waals surface area (Å²) in [6.07, 6.45) is 2.70. The average Bonchev–Trinajstić information content (AvgIpc) is 2.74. The van der Waals surface area contributed by atoms with Crippen LogP contribution in [0.2, 0.25) is 0 Å². The van der Waals surface area contributed by atoms with Gasteiger partial charge in [-0.15, -0.1) is 0 Å². The summed E-state index contributed by atoms with van der Waals surface area (Å²) in [6, 6.07) is 4.71. The van der Waals surface area contributed by atoms with Gasteiger partial charge in [0.2, 0.25) is 0 Å². The van der Waals surface area contributed by atoms with Crippen LogP contribution in [0, 0.1) is 12.7 Å². The SMILES string of the molecule is CCCn1ncc(Br)c1C(N)c1ccc(C)c(F)c1. The molecule has 0 saturated carbocycles. The molecule has 0 saturated heterocycles. The molecule has 1 heterocycles. The Balaban J connectivity index is 2.40. The minimum absolute atomic E-state index is 0.231. The Morgan fingerprint density at radius 2 is 2.21 bits per heavy atom. The average molecular weight is 326 g/mol. The number of hydrogen-bond acceptors (Lipinski definition) is 2. The second kappa shape index (κ2) is 5.84. The highest BCUT2D eigenvalue weighted by Gasteiger charge is 2.18. The van der Waals surface area contributed by atoms with Gasteiger partial charge in [0.05, 0.1) is 22.4 Å². The summed E-state index contributed by atoms with van der Waals surface area (Å²) in [4.78, 5) is 0. The molecule has 2 aromatic rings. The third-order valence-electron chi connectivity index (χ3n) is 3.12. The van der Waals surface area contributed by atoms with Crippen LogP contribution in [-0.2, 0) is 6.54 Å². The van der Waals surface area contributed by atoms with Gasteiger partial charge in [-0.2, -0.15) is 5.10 Å². The first-order chi connectivity index (χ1) is 9.04. The summed E-state index contributed by atoms with van der Waals surface area (Å²) in [7, 11) is 0. The van der Waals surface area contributed by atoms with E-state index in [0.717, 1.165) is 28.7 Å². The van der Waals surface area contributed by atoms with Gasteiger partial charge >= 0.3 is 0 Å². The zero-order valence-corrected chi connectivity index (χ0v) is 12.6. The number of aromatic nitrogens is 2. The number of halogens is 2. The number of hydrogen-bond donors (Lipinski definition) is 1. The van der Waals surface area contributed by atoms with Crippen LogP contribution in [0.1, 0.15) is 36.2 Å². The largest absolute Gasteiger partial charge is 0.319 e.